The van der Waals surface area contributed by atoms with Crippen molar-refractivity contribution in [3.8, 4) is 0 Å². The highest BCUT2D eigenvalue weighted by atomic mass is 32.2. The van der Waals surface area contributed by atoms with Gasteiger partial charge in [0.1, 0.15) is 6.54 Å². The molecule has 0 aromatic heterocycles. The van der Waals surface area contributed by atoms with Crippen molar-refractivity contribution in [3.05, 3.63) is 29.3 Å². The van der Waals surface area contributed by atoms with Crippen LogP contribution >= 0.6 is 0 Å². The maximum Gasteiger partial charge on any atom is 0.405 e. The quantitative estimate of drug-likeness (QED) is 0.714. The smallest absolute Gasteiger partial charge is 0.405 e. The molecule has 1 aromatic rings. The largest absolute Gasteiger partial charge is 0.454 e. The molecular weight excluding hydrogens is 399 g/mol. The van der Waals surface area contributed by atoms with Crippen molar-refractivity contribution in [2.45, 2.75) is 55.3 Å². The second-order valence-corrected chi connectivity index (χ2v) is 9.17. The van der Waals surface area contributed by atoms with Crippen LogP contribution in [0.2, 0.25) is 0 Å². The average molecular weight is 421 g/mol. The maximum absolute atomic E-state index is 13.3. The van der Waals surface area contributed by atoms with Crippen LogP contribution in [-0.4, -0.2) is 44.4 Å². The number of sulfone groups is 1. The standard InChI is InChI=1S/C18H22F3NO5S/c1-12-5-6-13(2)14(9-12)28(25,26)17(7-3-4-8-17)16(24)27-10-15(23)22-11-18(19,20)21/h5-6,9H,3-4,7-8,10-11H2,1-2H3,(H,22,23). The maximum atomic E-state index is 13.3. The molecule has 2 rings (SSSR count). The molecule has 0 atom stereocenters. The predicted molar refractivity (Wildman–Crippen MR) is 94.3 cm³/mol. The Hall–Kier alpha value is -2.10. The number of esters is 1. The number of ether oxygens (including phenoxy) is 1. The summed E-state index contributed by atoms with van der Waals surface area (Å²) in [5.41, 5.74) is 1.19. The molecule has 6 nitrogen and oxygen atoms in total. The number of carbonyl (C=O) groups is 2. The molecule has 156 valence electrons. The lowest BCUT2D eigenvalue weighted by Gasteiger charge is -2.27. The molecular formula is C18H22F3NO5S. The van der Waals surface area contributed by atoms with Gasteiger partial charge in [0.05, 0.1) is 4.90 Å². The molecule has 1 amide bonds. The van der Waals surface area contributed by atoms with E-state index in [-0.39, 0.29) is 17.7 Å². The zero-order chi connectivity index (χ0) is 21.2. The Morgan fingerprint density at radius 1 is 1.18 bits per heavy atom. The van der Waals surface area contributed by atoms with Crippen molar-refractivity contribution in [1.82, 2.24) is 5.32 Å². The number of amides is 1. The van der Waals surface area contributed by atoms with Crippen LogP contribution in [-0.2, 0) is 24.2 Å². The summed E-state index contributed by atoms with van der Waals surface area (Å²) in [7, 11) is -4.12. The molecule has 1 aliphatic rings. The number of aryl methyl sites for hydroxylation is 2. The first-order valence-corrected chi connectivity index (χ1v) is 10.2. The van der Waals surface area contributed by atoms with E-state index in [1.807, 2.05) is 0 Å². The van der Waals surface area contributed by atoms with Gasteiger partial charge in [0.25, 0.3) is 5.91 Å². The monoisotopic (exact) mass is 421 g/mol. The summed E-state index contributed by atoms with van der Waals surface area (Å²) in [4.78, 5) is 24.2. The molecule has 1 fully saturated rings. The van der Waals surface area contributed by atoms with E-state index in [9.17, 15) is 31.2 Å². The van der Waals surface area contributed by atoms with Crippen LogP contribution in [0.15, 0.2) is 23.1 Å². The number of halogens is 3. The van der Waals surface area contributed by atoms with Gasteiger partial charge in [-0.15, -0.1) is 0 Å². The van der Waals surface area contributed by atoms with Crippen molar-refractivity contribution < 1.29 is 35.9 Å². The summed E-state index contributed by atoms with van der Waals surface area (Å²) >= 11 is 0. The number of nitrogens with one attached hydrogen (secondary N) is 1. The number of benzene rings is 1. The van der Waals surface area contributed by atoms with Crippen molar-refractivity contribution in [3.63, 3.8) is 0 Å². The molecule has 10 heteroatoms. The SMILES string of the molecule is Cc1ccc(C)c(S(=O)(=O)C2(C(=O)OCC(=O)NCC(F)(F)F)CCCC2)c1. The van der Waals surface area contributed by atoms with Gasteiger partial charge < -0.3 is 10.1 Å². The topological polar surface area (TPSA) is 89.5 Å². The van der Waals surface area contributed by atoms with Crippen molar-refractivity contribution >= 4 is 21.7 Å². The minimum absolute atomic E-state index is 0.0212. The number of hydrogen-bond donors (Lipinski definition) is 1. The van der Waals surface area contributed by atoms with E-state index in [1.165, 1.54) is 6.07 Å². The molecule has 1 N–H and O–H groups in total. The molecule has 1 aromatic carbocycles. The van der Waals surface area contributed by atoms with E-state index < -0.39 is 45.8 Å². The summed E-state index contributed by atoms with van der Waals surface area (Å²) in [5.74, 6) is -2.25. The Labute approximate surface area is 161 Å². The molecule has 0 aliphatic heterocycles. The fourth-order valence-corrected chi connectivity index (χ4v) is 5.61. The van der Waals surface area contributed by atoms with Gasteiger partial charge in [0.15, 0.2) is 21.2 Å². The van der Waals surface area contributed by atoms with Crippen LogP contribution in [0, 0.1) is 13.8 Å². The van der Waals surface area contributed by atoms with Gasteiger partial charge in [-0.05, 0) is 43.9 Å². The summed E-state index contributed by atoms with van der Waals surface area (Å²) in [6, 6.07) is 4.87. The molecule has 0 spiro atoms. The highest BCUT2D eigenvalue weighted by molar-refractivity contribution is 7.93. The van der Waals surface area contributed by atoms with Gasteiger partial charge in [-0.3, -0.25) is 9.59 Å². The Morgan fingerprint density at radius 2 is 1.79 bits per heavy atom. The predicted octanol–water partition coefficient (Wildman–Crippen LogP) is 2.61. The lowest BCUT2D eigenvalue weighted by atomic mass is 10.1. The lowest BCUT2D eigenvalue weighted by molar-refractivity contribution is -0.153. The van der Waals surface area contributed by atoms with Gasteiger partial charge in [-0.2, -0.15) is 13.2 Å². The van der Waals surface area contributed by atoms with E-state index in [0.717, 1.165) is 0 Å². The summed E-state index contributed by atoms with van der Waals surface area (Å²) in [5, 5.41) is 1.58. The molecule has 0 unspecified atom stereocenters. The molecule has 0 heterocycles. The minimum atomic E-state index is -4.60. The zero-order valence-corrected chi connectivity index (χ0v) is 16.4. The third kappa shape index (κ3) is 4.65. The van der Waals surface area contributed by atoms with Gasteiger partial charge >= 0.3 is 12.1 Å². The summed E-state index contributed by atoms with van der Waals surface area (Å²) in [6.07, 6.45) is -3.56. The minimum Gasteiger partial charge on any atom is -0.454 e. The fraction of sp³-hybridized carbons (Fsp3) is 0.556. The third-order valence-electron chi connectivity index (χ3n) is 4.75. The van der Waals surface area contributed by atoms with Crippen LogP contribution in [0.1, 0.15) is 36.8 Å². The van der Waals surface area contributed by atoms with Crippen LogP contribution in [0.25, 0.3) is 0 Å². The third-order valence-corrected chi connectivity index (χ3v) is 7.37. The zero-order valence-electron chi connectivity index (χ0n) is 15.6. The van der Waals surface area contributed by atoms with Gasteiger partial charge in [0.2, 0.25) is 0 Å². The number of hydrogen-bond acceptors (Lipinski definition) is 5. The van der Waals surface area contributed by atoms with E-state index in [4.69, 9.17) is 4.74 Å². The number of carbonyl (C=O) groups excluding carboxylic acids is 2. The normalized spacial score (nSPS) is 16.6. The van der Waals surface area contributed by atoms with Crippen LogP contribution in [0.5, 0.6) is 0 Å². The first-order valence-electron chi connectivity index (χ1n) is 8.72. The molecule has 28 heavy (non-hydrogen) atoms. The molecule has 1 aliphatic carbocycles. The summed E-state index contributed by atoms with van der Waals surface area (Å²) in [6.45, 7) is 0.808. The van der Waals surface area contributed by atoms with Crippen LogP contribution in [0.3, 0.4) is 0 Å². The Balaban J connectivity index is 2.22. The molecule has 0 radical (unpaired) electrons. The molecule has 0 saturated heterocycles. The van der Waals surface area contributed by atoms with Crippen molar-refractivity contribution in [2.75, 3.05) is 13.2 Å². The number of alkyl halides is 3. The first-order chi connectivity index (χ1) is 12.9. The highest BCUT2D eigenvalue weighted by Crippen LogP contribution is 2.42. The van der Waals surface area contributed by atoms with Crippen LogP contribution < -0.4 is 5.32 Å². The van der Waals surface area contributed by atoms with Crippen molar-refractivity contribution in [2.24, 2.45) is 0 Å². The number of rotatable bonds is 6. The van der Waals surface area contributed by atoms with Crippen LogP contribution in [0.4, 0.5) is 13.2 Å². The van der Waals surface area contributed by atoms with E-state index in [2.05, 4.69) is 0 Å². The lowest BCUT2D eigenvalue weighted by Crippen LogP contribution is -2.47. The van der Waals surface area contributed by atoms with Gasteiger partial charge in [-0.25, -0.2) is 8.42 Å². The van der Waals surface area contributed by atoms with E-state index in [0.29, 0.717) is 24.0 Å². The average Bonchev–Trinajstić information content (AvgIpc) is 3.11. The van der Waals surface area contributed by atoms with E-state index in [1.54, 1.807) is 31.3 Å². The first kappa shape index (κ1) is 22.2. The van der Waals surface area contributed by atoms with Crippen molar-refractivity contribution in [1.29, 1.82) is 0 Å². The molecule has 1 saturated carbocycles. The van der Waals surface area contributed by atoms with Gasteiger partial charge in [-0.1, -0.05) is 25.0 Å². The molecule has 0 bridgehead atoms. The second-order valence-electron chi connectivity index (χ2n) is 6.94. The Morgan fingerprint density at radius 3 is 2.36 bits per heavy atom. The Bertz CT molecular complexity index is 858. The second kappa shape index (κ2) is 8.10. The fourth-order valence-electron chi connectivity index (χ4n) is 3.25. The summed E-state index contributed by atoms with van der Waals surface area (Å²) < 4.78 is 66.0. The highest BCUT2D eigenvalue weighted by Gasteiger charge is 2.54. The van der Waals surface area contributed by atoms with Gasteiger partial charge in [0, 0.05) is 0 Å². The Kier molecular flexibility index (Phi) is 6.42. The van der Waals surface area contributed by atoms with E-state index >= 15 is 0 Å².